The summed E-state index contributed by atoms with van der Waals surface area (Å²) in [6.45, 7) is 0.524. The van der Waals surface area contributed by atoms with Crippen LogP contribution in [0.1, 0.15) is 47.2 Å². The Bertz CT molecular complexity index is 1480. The molecule has 2 aliphatic rings. The number of pyridine rings is 1. The van der Waals surface area contributed by atoms with E-state index in [0.29, 0.717) is 35.6 Å². The van der Waals surface area contributed by atoms with Crippen molar-refractivity contribution in [3.8, 4) is 11.3 Å². The second-order valence-corrected chi connectivity index (χ2v) is 9.54. The lowest BCUT2D eigenvalue weighted by Gasteiger charge is -2.30. The molecular weight excluding hydrogens is 452 g/mol. The molecule has 36 heavy (non-hydrogen) atoms. The first-order valence-electron chi connectivity index (χ1n) is 12.2. The number of amides is 1. The number of nitrogens with zero attached hydrogens (tertiary/aromatic N) is 3. The van der Waals surface area contributed by atoms with Crippen molar-refractivity contribution in [3.05, 3.63) is 118 Å². The maximum atomic E-state index is 13.2. The van der Waals surface area contributed by atoms with E-state index in [4.69, 9.17) is 4.98 Å². The van der Waals surface area contributed by atoms with Crippen molar-refractivity contribution < 1.29 is 9.90 Å². The molecule has 1 amide bonds. The van der Waals surface area contributed by atoms with Crippen LogP contribution in [0.3, 0.4) is 0 Å². The molecule has 1 aliphatic heterocycles. The molecule has 2 N–H and O–H groups in total. The number of fused-ring (bicyclic) bond motifs is 1. The number of nitrogens with one attached hydrogen (secondary N) is 1. The molecule has 0 spiro atoms. The molecule has 0 bridgehead atoms. The summed E-state index contributed by atoms with van der Waals surface area (Å²) in [6, 6.07) is 23.1. The van der Waals surface area contributed by atoms with Gasteiger partial charge in [-0.15, -0.1) is 0 Å². The van der Waals surface area contributed by atoms with Crippen molar-refractivity contribution in [1.82, 2.24) is 19.9 Å². The van der Waals surface area contributed by atoms with E-state index in [2.05, 4.69) is 22.1 Å². The Balaban J connectivity index is 1.23. The smallest absolute Gasteiger partial charge is 0.256 e. The lowest BCUT2D eigenvalue weighted by Crippen LogP contribution is -2.42. The number of aliphatic hydroxyl groups is 1. The number of hydrogen-bond donors (Lipinski definition) is 2. The summed E-state index contributed by atoms with van der Waals surface area (Å²) in [6.07, 6.45) is 2.63. The summed E-state index contributed by atoms with van der Waals surface area (Å²) >= 11 is 0. The first-order chi connectivity index (χ1) is 17.5. The van der Waals surface area contributed by atoms with Gasteiger partial charge in [0.15, 0.2) is 6.10 Å². The van der Waals surface area contributed by atoms with Crippen LogP contribution in [-0.4, -0.2) is 37.4 Å². The van der Waals surface area contributed by atoms with Gasteiger partial charge in [-0.25, -0.2) is 4.98 Å². The Hall–Kier alpha value is -4.10. The fraction of sp³-hybridized carbons (Fsp3) is 0.241. The Labute approximate surface area is 208 Å². The highest BCUT2D eigenvalue weighted by atomic mass is 16.3. The van der Waals surface area contributed by atoms with Crippen LogP contribution >= 0.6 is 0 Å². The average molecular weight is 479 g/mol. The Kier molecular flexibility index (Phi) is 5.49. The summed E-state index contributed by atoms with van der Waals surface area (Å²) < 4.78 is 0. The van der Waals surface area contributed by atoms with E-state index in [1.54, 1.807) is 18.3 Å². The number of hydrogen-bond acceptors (Lipinski definition) is 5. The topological polar surface area (TPSA) is 99.2 Å². The largest absolute Gasteiger partial charge is 0.378 e. The Morgan fingerprint density at radius 3 is 2.47 bits per heavy atom. The van der Waals surface area contributed by atoms with Crippen molar-refractivity contribution in [2.24, 2.45) is 0 Å². The molecule has 2 aromatic heterocycles. The molecular formula is C29H26N4O3. The quantitative estimate of drug-likeness (QED) is 0.457. The minimum Gasteiger partial charge on any atom is -0.378 e. The van der Waals surface area contributed by atoms with Crippen LogP contribution < -0.4 is 5.56 Å². The van der Waals surface area contributed by atoms with Crippen molar-refractivity contribution in [2.45, 2.75) is 37.3 Å². The van der Waals surface area contributed by atoms with E-state index in [9.17, 15) is 14.7 Å². The van der Waals surface area contributed by atoms with Crippen molar-refractivity contribution in [1.29, 1.82) is 0 Å². The molecule has 6 rings (SSSR count). The minimum absolute atomic E-state index is 0.128. The molecule has 1 fully saturated rings. The molecule has 2 aromatic carbocycles. The van der Waals surface area contributed by atoms with Gasteiger partial charge in [-0.05, 0) is 36.1 Å². The van der Waals surface area contributed by atoms with Gasteiger partial charge in [0.05, 0.1) is 28.9 Å². The van der Waals surface area contributed by atoms with E-state index in [1.807, 2.05) is 48.5 Å². The first-order valence-corrected chi connectivity index (χ1v) is 12.2. The van der Waals surface area contributed by atoms with E-state index in [0.717, 1.165) is 29.7 Å². The number of H-pyrrole nitrogens is 1. The SMILES string of the molecule is O=C(C(O)c1ccnc(-c2ccccc2)c1)N1CCc2nc(C3(c4ccccc4)CC3)[nH]c(=O)c2C1. The molecule has 180 valence electrons. The third-order valence-corrected chi connectivity index (χ3v) is 7.31. The van der Waals surface area contributed by atoms with Crippen molar-refractivity contribution in [2.75, 3.05) is 6.54 Å². The molecule has 1 atom stereocenters. The molecule has 0 saturated heterocycles. The standard InChI is InChI=1S/C29H26N4O3/c34-25(20-11-15-30-24(17-20)19-7-3-1-4-8-19)27(36)33-16-12-23-22(18-33)26(35)32-28(31-23)29(13-14-29)21-9-5-2-6-10-21/h1-11,15,17,25,34H,12-14,16,18H2,(H,31,32,35). The van der Waals surface area contributed by atoms with Crippen LogP contribution in [0.15, 0.2) is 83.8 Å². The molecule has 7 nitrogen and oxygen atoms in total. The molecule has 0 radical (unpaired) electrons. The molecule has 1 aliphatic carbocycles. The third kappa shape index (κ3) is 3.91. The van der Waals surface area contributed by atoms with Gasteiger partial charge >= 0.3 is 0 Å². The zero-order chi connectivity index (χ0) is 24.7. The van der Waals surface area contributed by atoms with Crippen LogP contribution in [-0.2, 0) is 23.2 Å². The molecule has 4 aromatic rings. The maximum absolute atomic E-state index is 13.2. The Morgan fingerprint density at radius 2 is 1.75 bits per heavy atom. The van der Waals surface area contributed by atoms with Gasteiger partial charge in [0.25, 0.3) is 11.5 Å². The average Bonchev–Trinajstić information content (AvgIpc) is 3.75. The van der Waals surface area contributed by atoms with Gasteiger partial charge in [0, 0.05) is 24.7 Å². The molecule has 3 heterocycles. The summed E-state index contributed by atoms with van der Waals surface area (Å²) in [5, 5.41) is 10.9. The van der Waals surface area contributed by atoms with Gasteiger partial charge in [-0.1, -0.05) is 60.7 Å². The highest BCUT2D eigenvalue weighted by Gasteiger charge is 2.48. The molecule has 1 unspecified atom stereocenters. The monoisotopic (exact) mass is 478 g/mol. The summed E-state index contributed by atoms with van der Waals surface area (Å²) in [4.78, 5) is 40.1. The van der Waals surface area contributed by atoms with Crippen LogP contribution in [0.25, 0.3) is 11.3 Å². The fourth-order valence-corrected chi connectivity index (χ4v) is 5.08. The number of rotatable bonds is 5. The normalized spacial score (nSPS) is 16.8. The van der Waals surface area contributed by atoms with Crippen LogP contribution in [0.5, 0.6) is 0 Å². The van der Waals surface area contributed by atoms with Crippen molar-refractivity contribution >= 4 is 5.91 Å². The van der Waals surface area contributed by atoms with Gasteiger partial charge < -0.3 is 15.0 Å². The van der Waals surface area contributed by atoms with Crippen LogP contribution in [0, 0.1) is 0 Å². The van der Waals surface area contributed by atoms with Gasteiger partial charge in [0.2, 0.25) is 0 Å². The fourth-order valence-electron chi connectivity index (χ4n) is 5.08. The summed E-state index contributed by atoms with van der Waals surface area (Å²) in [7, 11) is 0. The minimum atomic E-state index is -1.34. The maximum Gasteiger partial charge on any atom is 0.256 e. The number of carbonyl (C=O) groups is 1. The second-order valence-electron chi connectivity index (χ2n) is 9.54. The van der Waals surface area contributed by atoms with Gasteiger partial charge in [0.1, 0.15) is 5.82 Å². The van der Waals surface area contributed by atoms with Gasteiger partial charge in [-0.3, -0.25) is 14.6 Å². The van der Waals surface area contributed by atoms with E-state index in [1.165, 1.54) is 4.90 Å². The van der Waals surface area contributed by atoms with E-state index < -0.39 is 12.0 Å². The highest BCUT2D eigenvalue weighted by Crippen LogP contribution is 2.51. The number of aromatic nitrogens is 3. The predicted molar refractivity (Wildman–Crippen MR) is 135 cm³/mol. The van der Waals surface area contributed by atoms with Crippen molar-refractivity contribution in [3.63, 3.8) is 0 Å². The van der Waals surface area contributed by atoms with Crippen LogP contribution in [0.2, 0.25) is 0 Å². The number of aliphatic hydroxyl groups excluding tert-OH is 1. The number of benzene rings is 2. The van der Waals surface area contributed by atoms with E-state index in [-0.39, 0.29) is 17.5 Å². The highest BCUT2D eigenvalue weighted by molar-refractivity contribution is 5.82. The number of carbonyl (C=O) groups excluding carboxylic acids is 1. The summed E-state index contributed by atoms with van der Waals surface area (Å²) in [5.41, 5.74) is 4.03. The molecule has 1 saturated carbocycles. The first kappa shape index (κ1) is 22.4. The zero-order valence-electron chi connectivity index (χ0n) is 19.7. The lowest BCUT2D eigenvalue weighted by atomic mass is 9.94. The van der Waals surface area contributed by atoms with Crippen LogP contribution in [0.4, 0.5) is 0 Å². The van der Waals surface area contributed by atoms with Gasteiger partial charge in [-0.2, -0.15) is 0 Å². The molecule has 7 heteroatoms. The third-order valence-electron chi connectivity index (χ3n) is 7.31. The predicted octanol–water partition coefficient (Wildman–Crippen LogP) is 3.53. The van der Waals surface area contributed by atoms with E-state index >= 15 is 0 Å². The zero-order valence-corrected chi connectivity index (χ0v) is 19.7. The Morgan fingerprint density at radius 1 is 1.03 bits per heavy atom. The number of aromatic amines is 1. The second kappa shape index (κ2) is 8.84. The lowest BCUT2D eigenvalue weighted by molar-refractivity contribution is -0.141. The summed E-state index contributed by atoms with van der Waals surface area (Å²) in [5.74, 6) is 0.278.